The second-order valence-electron chi connectivity index (χ2n) is 19.3. The van der Waals surface area contributed by atoms with Gasteiger partial charge < -0.3 is 18.9 Å². The maximum Gasteiger partial charge on any atom is 0.323 e. The third kappa shape index (κ3) is 26.0. The number of hydrogen-bond donors (Lipinski definition) is 0. The molecule has 0 fully saturated rings. The van der Waals surface area contributed by atoms with Crippen molar-refractivity contribution in [1.29, 1.82) is 0 Å². The van der Waals surface area contributed by atoms with E-state index < -0.39 is 34.7 Å². The number of ether oxygens (including phenoxy) is 4. The van der Waals surface area contributed by atoms with Crippen LogP contribution in [0, 0.1) is 10.8 Å². The molecule has 0 spiro atoms. The highest BCUT2D eigenvalue weighted by molar-refractivity contribution is 6.01. The van der Waals surface area contributed by atoms with Crippen LogP contribution in [0.3, 0.4) is 0 Å². The fourth-order valence-electron chi connectivity index (χ4n) is 9.62. The lowest BCUT2D eigenvalue weighted by Gasteiger charge is -2.32. The summed E-state index contributed by atoms with van der Waals surface area (Å²) in [6.07, 6.45) is 40.0. The summed E-state index contributed by atoms with van der Waals surface area (Å²) >= 11 is 0. The third-order valence-electron chi connectivity index (χ3n) is 13.7. The van der Waals surface area contributed by atoms with E-state index in [1.54, 1.807) is 27.7 Å². The molecule has 0 amide bonds. The average Bonchev–Trinajstić information content (AvgIpc) is 3.31. The number of benzene rings is 1. The Morgan fingerprint density at radius 1 is 0.318 bits per heavy atom. The number of esters is 4. The lowest BCUT2D eigenvalue weighted by Crippen LogP contribution is -2.45. The van der Waals surface area contributed by atoms with Crippen LogP contribution in [-0.4, -0.2) is 50.3 Å². The Balaban J connectivity index is 3.01. The molecular formula is C58H102O8. The zero-order valence-electron chi connectivity index (χ0n) is 43.9. The second kappa shape index (κ2) is 41.1. The van der Waals surface area contributed by atoms with Gasteiger partial charge in [0.25, 0.3) is 0 Å². The van der Waals surface area contributed by atoms with E-state index >= 15 is 0 Å². The highest BCUT2D eigenvalue weighted by Gasteiger charge is 2.51. The number of hydrogen-bond acceptors (Lipinski definition) is 8. The number of rotatable bonds is 46. The van der Waals surface area contributed by atoms with E-state index in [2.05, 4.69) is 13.8 Å². The Bertz CT molecular complexity index is 1220. The molecule has 8 heteroatoms. The first-order valence-electron chi connectivity index (χ1n) is 28.0. The predicted octanol–water partition coefficient (Wildman–Crippen LogP) is 16.3. The molecule has 0 aliphatic heterocycles. The van der Waals surface area contributed by atoms with Crippen molar-refractivity contribution in [2.24, 2.45) is 10.8 Å². The van der Waals surface area contributed by atoms with Gasteiger partial charge in [0.05, 0.1) is 26.4 Å². The molecule has 0 saturated heterocycles. The molecule has 1 aromatic carbocycles. The van der Waals surface area contributed by atoms with Gasteiger partial charge >= 0.3 is 23.9 Å². The summed E-state index contributed by atoms with van der Waals surface area (Å²) < 4.78 is 22.6. The molecule has 0 aliphatic rings. The van der Waals surface area contributed by atoms with E-state index in [0.717, 1.165) is 38.5 Å². The largest absolute Gasteiger partial charge is 0.465 e. The van der Waals surface area contributed by atoms with Crippen LogP contribution >= 0.6 is 0 Å². The van der Waals surface area contributed by atoms with Gasteiger partial charge in [-0.05, 0) is 64.5 Å². The van der Waals surface area contributed by atoms with E-state index in [-0.39, 0.29) is 52.1 Å². The van der Waals surface area contributed by atoms with Crippen LogP contribution in [0.1, 0.15) is 271 Å². The molecule has 0 unspecified atom stereocenters. The molecule has 0 atom stereocenters. The first kappa shape index (κ1) is 61.1. The molecule has 0 aromatic heterocycles. The summed E-state index contributed by atoms with van der Waals surface area (Å²) in [5, 5.41) is 0. The summed E-state index contributed by atoms with van der Waals surface area (Å²) in [6.45, 7) is 12.1. The fraction of sp³-hybridized carbons (Fsp3) is 0.828. The van der Waals surface area contributed by atoms with Crippen molar-refractivity contribution in [3.05, 3.63) is 35.4 Å². The van der Waals surface area contributed by atoms with Gasteiger partial charge in [-0.15, -0.1) is 0 Å². The smallest absolute Gasteiger partial charge is 0.323 e. The van der Waals surface area contributed by atoms with Crippen molar-refractivity contribution in [2.75, 3.05) is 26.4 Å². The summed E-state index contributed by atoms with van der Waals surface area (Å²) in [5.74, 6) is -2.35. The summed E-state index contributed by atoms with van der Waals surface area (Å²) in [5.41, 5.74) is -1.72. The van der Waals surface area contributed by atoms with Crippen molar-refractivity contribution < 1.29 is 38.1 Å². The Hall–Kier alpha value is -2.90. The number of carbonyl (C=O) groups excluding carboxylic acids is 4. The molecule has 0 saturated carbocycles. The normalized spacial score (nSPS) is 11.7. The summed E-state index contributed by atoms with van der Waals surface area (Å²) in [4.78, 5) is 56.3. The van der Waals surface area contributed by atoms with Gasteiger partial charge in [0, 0.05) is 0 Å². The van der Waals surface area contributed by atoms with Crippen LogP contribution in [0.25, 0.3) is 0 Å². The van der Waals surface area contributed by atoms with Crippen LogP contribution in [0.4, 0.5) is 0 Å². The average molecular weight is 927 g/mol. The minimum absolute atomic E-state index is 0.0420. The van der Waals surface area contributed by atoms with E-state index in [4.69, 9.17) is 18.9 Å². The van der Waals surface area contributed by atoms with Crippen LogP contribution in [0.2, 0.25) is 0 Å². The molecular weight excluding hydrogens is 825 g/mol. The Kier molecular flexibility index (Phi) is 38.1. The zero-order valence-corrected chi connectivity index (χ0v) is 43.9. The monoisotopic (exact) mass is 927 g/mol. The lowest BCUT2D eigenvalue weighted by molar-refractivity contribution is -0.175. The van der Waals surface area contributed by atoms with Crippen LogP contribution < -0.4 is 0 Å². The quantitative estimate of drug-likeness (QED) is 0.0275. The number of unbranched alkanes of at least 4 members (excludes halogenated alkanes) is 30. The Morgan fingerprint density at radius 2 is 0.515 bits per heavy atom. The van der Waals surface area contributed by atoms with Crippen LogP contribution in [-0.2, 0) is 51.0 Å². The molecule has 382 valence electrons. The summed E-state index contributed by atoms with van der Waals surface area (Å²) in [7, 11) is 0. The Labute approximate surface area is 406 Å². The molecule has 0 N–H and O–H groups in total. The van der Waals surface area contributed by atoms with Gasteiger partial charge in [-0.3, -0.25) is 19.2 Å². The standard InChI is InChI=1S/C58H102O8/c1-7-13-15-17-19-21-23-25-27-29-31-33-35-37-39-43-47-57(53(59)63-9-3,54(60)64-10-4)49-51-45-41-42-46-52(51)50-58(55(61)65-11-5,56(62)66-12-6)48-44-40-38-36-34-32-30-28-26-24-22-20-18-16-14-8-2/h41-42,45-46H,7-40,43-44,47-50H2,1-6H3. The van der Waals surface area contributed by atoms with E-state index in [1.807, 2.05) is 24.3 Å². The number of carbonyl (C=O) groups is 4. The molecule has 66 heavy (non-hydrogen) atoms. The maximum absolute atomic E-state index is 14.1. The topological polar surface area (TPSA) is 105 Å². The zero-order chi connectivity index (χ0) is 48.4. The van der Waals surface area contributed by atoms with Gasteiger partial charge in [0.1, 0.15) is 0 Å². The molecule has 8 nitrogen and oxygen atoms in total. The summed E-state index contributed by atoms with van der Waals surface area (Å²) in [6, 6.07) is 7.54. The first-order chi connectivity index (χ1) is 32.2. The van der Waals surface area contributed by atoms with Crippen molar-refractivity contribution in [3.8, 4) is 0 Å². The minimum atomic E-state index is -1.57. The van der Waals surface area contributed by atoms with Gasteiger partial charge in [-0.1, -0.05) is 244 Å². The van der Waals surface area contributed by atoms with Gasteiger partial charge in [-0.25, -0.2) is 0 Å². The molecule has 0 radical (unpaired) electrons. The minimum Gasteiger partial charge on any atom is -0.465 e. The first-order valence-corrected chi connectivity index (χ1v) is 28.0. The third-order valence-corrected chi connectivity index (χ3v) is 13.7. The fourth-order valence-corrected chi connectivity index (χ4v) is 9.62. The van der Waals surface area contributed by atoms with Gasteiger partial charge in [0.2, 0.25) is 0 Å². The van der Waals surface area contributed by atoms with E-state index in [9.17, 15) is 19.2 Å². The molecule has 1 aromatic rings. The van der Waals surface area contributed by atoms with Crippen molar-refractivity contribution in [2.45, 2.75) is 273 Å². The van der Waals surface area contributed by atoms with E-state index in [0.29, 0.717) is 24.0 Å². The van der Waals surface area contributed by atoms with Crippen molar-refractivity contribution >= 4 is 23.9 Å². The van der Waals surface area contributed by atoms with E-state index in [1.165, 1.54) is 154 Å². The van der Waals surface area contributed by atoms with Crippen LogP contribution in [0.5, 0.6) is 0 Å². The highest BCUT2D eigenvalue weighted by atomic mass is 16.6. The SMILES string of the molecule is CCCCCCCCCCCCCCCCCCC(Cc1ccccc1CC(CCCCCCCCCCCCCCCCCC)(C(=O)OCC)C(=O)OCC)(C(=O)OCC)C(=O)OCC. The van der Waals surface area contributed by atoms with Gasteiger partial charge in [0.15, 0.2) is 10.8 Å². The maximum atomic E-state index is 14.1. The van der Waals surface area contributed by atoms with Crippen LogP contribution in [0.15, 0.2) is 24.3 Å². The van der Waals surface area contributed by atoms with Crippen molar-refractivity contribution in [3.63, 3.8) is 0 Å². The Morgan fingerprint density at radius 3 is 0.712 bits per heavy atom. The highest BCUT2D eigenvalue weighted by Crippen LogP contribution is 2.39. The second-order valence-corrected chi connectivity index (χ2v) is 19.3. The molecule has 0 heterocycles. The lowest BCUT2D eigenvalue weighted by atomic mass is 9.72. The van der Waals surface area contributed by atoms with Gasteiger partial charge in [-0.2, -0.15) is 0 Å². The molecule has 0 aliphatic carbocycles. The molecule has 0 bridgehead atoms. The molecule has 1 rings (SSSR count). The van der Waals surface area contributed by atoms with Crippen molar-refractivity contribution in [1.82, 2.24) is 0 Å². The predicted molar refractivity (Wildman–Crippen MR) is 274 cm³/mol.